The van der Waals surface area contributed by atoms with Crippen LogP contribution in [0, 0.1) is 0 Å². The van der Waals surface area contributed by atoms with Crippen molar-refractivity contribution in [3.05, 3.63) is 76.5 Å². The Labute approximate surface area is 253 Å². The fourth-order valence-electron chi connectivity index (χ4n) is 4.62. The van der Waals surface area contributed by atoms with Crippen molar-refractivity contribution in [1.82, 2.24) is 0 Å². The van der Waals surface area contributed by atoms with Crippen molar-refractivity contribution in [1.29, 1.82) is 0 Å². The van der Waals surface area contributed by atoms with E-state index in [1.54, 1.807) is 24.3 Å². The minimum Gasteiger partial charge on any atom is -0.508 e. The zero-order valence-corrected chi connectivity index (χ0v) is 23.4. The van der Waals surface area contributed by atoms with Gasteiger partial charge >= 0.3 is 5.97 Å². The Morgan fingerprint density at radius 3 is 2.42 bits per heavy atom. The van der Waals surface area contributed by atoms with E-state index < -0.39 is 82.8 Å². The predicted octanol–water partition coefficient (Wildman–Crippen LogP) is 1.73. The zero-order chi connectivity index (χ0) is 32.4. The first-order valence-electron chi connectivity index (χ1n) is 13.4. The smallest absolute Gasteiger partial charge is 0.330 e. The quantitative estimate of drug-likeness (QED) is 0.0842. The number of hydrogen-bond donors (Lipinski definition) is 7. The van der Waals surface area contributed by atoms with Crippen LogP contribution in [-0.4, -0.2) is 86.1 Å². The number of methoxy groups -OCH3 is 1. The first-order chi connectivity index (χ1) is 21.5. The van der Waals surface area contributed by atoms with Crippen LogP contribution in [0.3, 0.4) is 0 Å². The summed E-state index contributed by atoms with van der Waals surface area (Å²) in [5.41, 5.74) is -0.653. The molecule has 1 aliphatic heterocycles. The van der Waals surface area contributed by atoms with Gasteiger partial charge in [0.1, 0.15) is 59.2 Å². The van der Waals surface area contributed by atoms with Gasteiger partial charge in [0, 0.05) is 23.8 Å². The number of phenolic OH excluding ortho intramolecular Hbond substituents is 4. The summed E-state index contributed by atoms with van der Waals surface area (Å²) >= 11 is 0. The molecule has 45 heavy (non-hydrogen) atoms. The Balaban J connectivity index is 1.42. The SMILES string of the molecule is COc1cccc(/C=C/C(=O)OC[C@H]2O[C@@H](Oc3c(-c4ccc(O)c(O)c4)oc4cc(O)cc(O)c4c3=O)[C@H](O)[C@@H](O)[C@@H]2O)c1. The van der Waals surface area contributed by atoms with E-state index in [1.807, 2.05) is 0 Å². The van der Waals surface area contributed by atoms with Crippen LogP contribution in [-0.2, 0) is 14.3 Å². The fourth-order valence-corrected chi connectivity index (χ4v) is 4.62. The van der Waals surface area contributed by atoms with Crippen LogP contribution < -0.4 is 14.9 Å². The number of phenols is 4. The molecule has 1 saturated heterocycles. The highest BCUT2D eigenvalue weighted by molar-refractivity contribution is 5.88. The number of esters is 1. The highest BCUT2D eigenvalue weighted by atomic mass is 16.7. The van der Waals surface area contributed by atoms with Crippen LogP contribution in [0.1, 0.15) is 5.56 Å². The van der Waals surface area contributed by atoms with E-state index in [0.717, 1.165) is 30.3 Å². The normalized spacial score (nSPS) is 21.6. The Bertz CT molecular complexity index is 1810. The van der Waals surface area contributed by atoms with Gasteiger partial charge in [0.15, 0.2) is 17.3 Å². The summed E-state index contributed by atoms with van der Waals surface area (Å²) in [7, 11) is 1.50. The van der Waals surface area contributed by atoms with E-state index in [0.29, 0.717) is 11.3 Å². The van der Waals surface area contributed by atoms with Crippen LogP contribution in [0.2, 0.25) is 0 Å². The molecule has 0 spiro atoms. The van der Waals surface area contributed by atoms with Gasteiger partial charge < -0.3 is 59.1 Å². The van der Waals surface area contributed by atoms with Crippen LogP contribution in [0.5, 0.6) is 34.5 Å². The molecule has 0 aliphatic carbocycles. The summed E-state index contributed by atoms with van der Waals surface area (Å²) in [6, 6.07) is 12.2. The van der Waals surface area contributed by atoms with Crippen molar-refractivity contribution >= 4 is 23.0 Å². The number of carbonyl (C=O) groups is 1. The van der Waals surface area contributed by atoms with E-state index in [9.17, 15) is 45.3 Å². The lowest BCUT2D eigenvalue weighted by Crippen LogP contribution is -2.60. The van der Waals surface area contributed by atoms with Crippen molar-refractivity contribution in [3.8, 4) is 45.8 Å². The summed E-state index contributed by atoms with van der Waals surface area (Å²) in [5.74, 6) is -3.48. The van der Waals surface area contributed by atoms with Gasteiger partial charge in [-0.1, -0.05) is 12.1 Å². The summed E-state index contributed by atoms with van der Waals surface area (Å²) in [6.07, 6.45) is -6.30. The lowest BCUT2D eigenvalue weighted by molar-refractivity contribution is -0.278. The van der Waals surface area contributed by atoms with E-state index in [-0.39, 0.29) is 16.9 Å². The molecule has 0 radical (unpaired) electrons. The molecule has 14 heteroatoms. The number of fused-ring (bicyclic) bond motifs is 1. The van der Waals surface area contributed by atoms with Crippen LogP contribution >= 0.6 is 0 Å². The predicted molar refractivity (Wildman–Crippen MR) is 155 cm³/mol. The number of rotatable bonds is 8. The van der Waals surface area contributed by atoms with E-state index in [2.05, 4.69) is 0 Å². The number of aromatic hydroxyl groups is 4. The van der Waals surface area contributed by atoms with Crippen molar-refractivity contribution in [2.24, 2.45) is 0 Å². The van der Waals surface area contributed by atoms with Crippen molar-refractivity contribution in [2.75, 3.05) is 13.7 Å². The maximum atomic E-state index is 13.6. The number of aliphatic hydroxyl groups excluding tert-OH is 3. The Hall–Kier alpha value is -5.28. The van der Waals surface area contributed by atoms with E-state index in [4.69, 9.17) is 23.4 Å². The molecule has 1 aromatic heterocycles. The third kappa shape index (κ3) is 6.49. The minimum atomic E-state index is -1.94. The minimum absolute atomic E-state index is 0.0127. The molecule has 0 amide bonds. The lowest BCUT2D eigenvalue weighted by atomic mass is 9.99. The second-order valence-electron chi connectivity index (χ2n) is 10.0. The number of benzene rings is 3. The highest BCUT2D eigenvalue weighted by Crippen LogP contribution is 2.39. The van der Waals surface area contributed by atoms with Crippen LogP contribution in [0.4, 0.5) is 0 Å². The van der Waals surface area contributed by atoms with Gasteiger partial charge in [-0.2, -0.15) is 0 Å². The molecule has 5 rings (SSSR count). The maximum absolute atomic E-state index is 13.6. The molecule has 4 aromatic rings. The molecule has 7 N–H and O–H groups in total. The molecule has 3 aromatic carbocycles. The Morgan fingerprint density at radius 1 is 0.911 bits per heavy atom. The molecule has 14 nitrogen and oxygen atoms in total. The topological polar surface area (TPSA) is 226 Å². The summed E-state index contributed by atoms with van der Waals surface area (Å²) in [5, 5.41) is 71.4. The summed E-state index contributed by atoms with van der Waals surface area (Å²) in [6.45, 7) is -0.600. The number of carbonyl (C=O) groups excluding carboxylic acids is 1. The van der Waals surface area contributed by atoms with Gasteiger partial charge in [0.05, 0.1) is 7.11 Å². The van der Waals surface area contributed by atoms with Gasteiger partial charge in [0.2, 0.25) is 17.5 Å². The highest BCUT2D eigenvalue weighted by Gasteiger charge is 2.46. The molecule has 0 unspecified atom stereocenters. The zero-order valence-electron chi connectivity index (χ0n) is 23.4. The number of aliphatic hydroxyl groups is 3. The van der Waals surface area contributed by atoms with Gasteiger partial charge in [0.25, 0.3) is 0 Å². The second-order valence-corrected chi connectivity index (χ2v) is 10.0. The van der Waals surface area contributed by atoms with Gasteiger partial charge in [-0.15, -0.1) is 0 Å². The standard InChI is InChI=1S/C31H28O14/c1-41-17-4-2-3-14(9-17)5-8-23(36)42-13-22-25(37)27(39)28(40)31(44-22)45-30-26(38)24-20(35)11-16(32)12-21(24)43-29(30)15-6-7-18(33)19(34)10-15/h2-12,22,25,27-28,31-35,37,39-40H,13H2,1H3/b8-5+/t22-,25-,27+,28-,31+/m1/s1. The number of hydrogen-bond acceptors (Lipinski definition) is 14. The largest absolute Gasteiger partial charge is 0.508 e. The first-order valence-corrected chi connectivity index (χ1v) is 13.4. The van der Waals surface area contributed by atoms with Crippen molar-refractivity contribution in [3.63, 3.8) is 0 Å². The maximum Gasteiger partial charge on any atom is 0.330 e. The molecular formula is C31H28O14. The monoisotopic (exact) mass is 624 g/mol. The molecule has 1 aliphatic rings. The molecule has 1 fully saturated rings. The summed E-state index contributed by atoms with van der Waals surface area (Å²) in [4.78, 5) is 25.9. The second kappa shape index (κ2) is 12.8. The van der Waals surface area contributed by atoms with Gasteiger partial charge in [-0.05, 0) is 42.0 Å². The average molecular weight is 625 g/mol. The lowest BCUT2D eigenvalue weighted by Gasteiger charge is -2.39. The van der Waals surface area contributed by atoms with Gasteiger partial charge in [-0.25, -0.2) is 4.79 Å². The van der Waals surface area contributed by atoms with Gasteiger partial charge in [-0.3, -0.25) is 4.79 Å². The Kier molecular flexibility index (Phi) is 8.83. The molecule has 5 atom stereocenters. The Morgan fingerprint density at radius 2 is 1.69 bits per heavy atom. The third-order valence-corrected chi connectivity index (χ3v) is 6.95. The molecule has 236 valence electrons. The summed E-state index contributed by atoms with van der Waals surface area (Å²) < 4.78 is 27.3. The molecular weight excluding hydrogens is 596 g/mol. The van der Waals surface area contributed by atoms with E-state index in [1.165, 1.54) is 19.3 Å². The van der Waals surface area contributed by atoms with Crippen molar-refractivity contribution < 1.29 is 63.9 Å². The fraction of sp³-hybridized carbons (Fsp3) is 0.226. The average Bonchev–Trinajstić information content (AvgIpc) is 3.01. The molecule has 0 bridgehead atoms. The molecule has 2 heterocycles. The first kappa shape index (κ1) is 31.2. The van der Waals surface area contributed by atoms with E-state index >= 15 is 0 Å². The third-order valence-electron chi connectivity index (χ3n) is 6.95. The van der Waals surface area contributed by atoms with Crippen LogP contribution in [0.15, 0.2) is 69.9 Å². The van der Waals surface area contributed by atoms with Crippen molar-refractivity contribution in [2.45, 2.75) is 30.7 Å². The molecule has 0 saturated carbocycles. The number of ether oxygens (including phenoxy) is 4. The van der Waals surface area contributed by atoms with Crippen LogP contribution in [0.25, 0.3) is 28.4 Å².